The fraction of sp³-hybridized carbons (Fsp3) is 0. The Labute approximate surface area is 108 Å². The summed E-state index contributed by atoms with van der Waals surface area (Å²) in [5.41, 5.74) is 1.33. The van der Waals surface area contributed by atoms with E-state index >= 15 is 0 Å². The summed E-state index contributed by atoms with van der Waals surface area (Å²) < 4.78 is 27.9. The van der Waals surface area contributed by atoms with Gasteiger partial charge < -0.3 is 0 Å². The van der Waals surface area contributed by atoms with Gasteiger partial charge in [-0.25, -0.2) is 8.78 Å². The monoisotopic (exact) mass is 257 g/mol. The van der Waals surface area contributed by atoms with Crippen molar-refractivity contribution < 1.29 is 8.78 Å². The van der Waals surface area contributed by atoms with E-state index in [1.807, 2.05) is 30.3 Å². The van der Waals surface area contributed by atoms with Gasteiger partial charge in [0.1, 0.15) is 6.33 Å². The Hall–Kier alpha value is -2.56. The third kappa shape index (κ3) is 2.10. The smallest absolute Gasteiger partial charge is 0.168 e. The maximum atomic E-state index is 13.3. The van der Waals surface area contributed by atoms with E-state index in [2.05, 4.69) is 10.2 Å². The van der Waals surface area contributed by atoms with Crippen LogP contribution in [0.3, 0.4) is 0 Å². The van der Waals surface area contributed by atoms with Crippen molar-refractivity contribution in [3.8, 4) is 17.1 Å². The zero-order chi connectivity index (χ0) is 13.2. The van der Waals surface area contributed by atoms with E-state index in [1.165, 1.54) is 12.4 Å². The lowest BCUT2D eigenvalue weighted by atomic mass is 10.2. The van der Waals surface area contributed by atoms with Gasteiger partial charge in [-0.2, -0.15) is 0 Å². The van der Waals surface area contributed by atoms with E-state index in [-0.39, 0.29) is 0 Å². The van der Waals surface area contributed by atoms with Crippen LogP contribution in [0.2, 0.25) is 0 Å². The number of hydrogen-bond acceptors (Lipinski definition) is 2. The molecule has 2 aromatic carbocycles. The average Bonchev–Trinajstić information content (AvgIpc) is 2.92. The van der Waals surface area contributed by atoms with Crippen LogP contribution in [-0.2, 0) is 0 Å². The van der Waals surface area contributed by atoms with Crippen LogP contribution in [0.5, 0.6) is 0 Å². The first kappa shape index (κ1) is 11.5. The molecule has 0 radical (unpaired) electrons. The zero-order valence-electron chi connectivity index (χ0n) is 9.79. The Kier molecular flexibility index (Phi) is 2.79. The summed E-state index contributed by atoms with van der Waals surface area (Å²) in [6.07, 6.45) is 1.53. The second-order valence-corrected chi connectivity index (χ2v) is 3.99. The molecule has 3 nitrogen and oxygen atoms in total. The molecule has 5 heteroatoms. The van der Waals surface area contributed by atoms with E-state index in [0.717, 1.165) is 17.8 Å². The van der Waals surface area contributed by atoms with E-state index in [4.69, 9.17) is 0 Å². The lowest BCUT2D eigenvalue weighted by Gasteiger charge is -2.06. The molecule has 0 bridgehead atoms. The summed E-state index contributed by atoms with van der Waals surface area (Å²) in [7, 11) is 0. The van der Waals surface area contributed by atoms with Gasteiger partial charge in [0.15, 0.2) is 17.5 Å². The molecule has 19 heavy (non-hydrogen) atoms. The predicted molar refractivity (Wildman–Crippen MR) is 66.7 cm³/mol. The molecule has 0 saturated heterocycles. The van der Waals surface area contributed by atoms with E-state index < -0.39 is 11.6 Å². The topological polar surface area (TPSA) is 30.7 Å². The lowest BCUT2D eigenvalue weighted by Crippen LogP contribution is -1.96. The number of nitrogens with zero attached hydrogens (tertiary/aromatic N) is 3. The Bertz CT molecular complexity index is 708. The molecule has 0 saturated carbocycles. The molecule has 0 spiro atoms. The van der Waals surface area contributed by atoms with Crippen LogP contribution in [0, 0.1) is 11.6 Å². The Morgan fingerprint density at radius 3 is 2.42 bits per heavy atom. The van der Waals surface area contributed by atoms with Gasteiger partial charge in [-0.15, -0.1) is 10.2 Å². The number of halogens is 2. The summed E-state index contributed by atoms with van der Waals surface area (Å²) >= 11 is 0. The second kappa shape index (κ2) is 4.61. The number of hydrogen-bond donors (Lipinski definition) is 0. The largest absolute Gasteiger partial charge is 0.282 e. The van der Waals surface area contributed by atoms with Gasteiger partial charge in [-0.3, -0.25) is 4.57 Å². The number of para-hydroxylation sites is 1. The lowest BCUT2D eigenvalue weighted by molar-refractivity contribution is 0.509. The van der Waals surface area contributed by atoms with Gasteiger partial charge in [0.2, 0.25) is 0 Å². The van der Waals surface area contributed by atoms with Gasteiger partial charge in [-0.1, -0.05) is 18.2 Å². The van der Waals surface area contributed by atoms with Crippen molar-refractivity contribution in [2.45, 2.75) is 0 Å². The molecule has 1 heterocycles. The summed E-state index contributed by atoms with van der Waals surface area (Å²) in [5, 5.41) is 7.78. The molecule has 94 valence electrons. The first-order valence-corrected chi connectivity index (χ1v) is 5.66. The Morgan fingerprint density at radius 2 is 1.68 bits per heavy atom. The van der Waals surface area contributed by atoms with Crippen LogP contribution >= 0.6 is 0 Å². The molecule has 0 fully saturated rings. The standard InChI is InChI=1S/C14H9F2N3/c15-12-7-6-10(8-13(12)16)14-18-17-9-19(14)11-4-2-1-3-5-11/h1-9H. The molecule has 0 N–H and O–H groups in total. The minimum absolute atomic E-state index is 0.463. The molecule has 0 unspecified atom stereocenters. The number of rotatable bonds is 2. The number of benzene rings is 2. The molecule has 0 atom stereocenters. The van der Waals surface area contributed by atoms with Gasteiger partial charge >= 0.3 is 0 Å². The van der Waals surface area contributed by atoms with Crippen LogP contribution in [0.15, 0.2) is 54.9 Å². The fourth-order valence-electron chi connectivity index (χ4n) is 1.84. The van der Waals surface area contributed by atoms with Crippen molar-refractivity contribution in [2.75, 3.05) is 0 Å². The highest BCUT2D eigenvalue weighted by Gasteiger charge is 2.11. The predicted octanol–water partition coefficient (Wildman–Crippen LogP) is 3.21. The normalized spacial score (nSPS) is 10.6. The van der Waals surface area contributed by atoms with Crippen molar-refractivity contribution in [2.24, 2.45) is 0 Å². The molecular formula is C14H9F2N3. The molecule has 0 amide bonds. The van der Waals surface area contributed by atoms with Crippen LogP contribution < -0.4 is 0 Å². The molecule has 1 aromatic heterocycles. The fourth-order valence-corrected chi connectivity index (χ4v) is 1.84. The first-order chi connectivity index (χ1) is 9.25. The van der Waals surface area contributed by atoms with Gasteiger partial charge in [0.05, 0.1) is 0 Å². The molecule has 0 aliphatic rings. The van der Waals surface area contributed by atoms with Crippen molar-refractivity contribution in [3.05, 3.63) is 66.5 Å². The Morgan fingerprint density at radius 1 is 0.895 bits per heavy atom. The maximum Gasteiger partial charge on any atom is 0.168 e. The minimum Gasteiger partial charge on any atom is -0.282 e. The first-order valence-electron chi connectivity index (χ1n) is 5.66. The van der Waals surface area contributed by atoms with Gasteiger partial charge in [0.25, 0.3) is 0 Å². The zero-order valence-corrected chi connectivity index (χ0v) is 9.79. The van der Waals surface area contributed by atoms with E-state index in [1.54, 1.807) is 4.57 Å². The van der Waals surface area contributed by atoms with Crippen molar-refractivity contribution in [1.29, 1.82) is 0 Å². The average molecular weight is 257 g/mol. The highest BCUT2D eigenvalue weighted by molar-refractivity contribution is 5.58. The molecule has 3 rings (SSSR count). The molecule has 3 aromatic rings. The second-order valence-electron chi connectivity index (χ2n) is 3.99. The van der Waals surface area contributed by atoms with Crippen molar-refractivity contribution >= 4 is 0 Å². The third-order valence-corrected chi connectivity index (χ3v) is 2.76. The highest BCUT2D eigenvalue weighted by Crippen LogP contribution is 2.22. The molecular weight excluding hydrogens is 248 g/mol. The number of aromatic nitrogens is 3. The van der Waals surface area contributed by atoms with Crippen molar-refractivity contribution in [3.63, 3.8) is 0 Å². The summed E-state index contributed by atoms with van der Waals surface area (Å²) in [4.78, 5) is 0. The van der Waals surface area contributed by atoms with Crippen LogP contribution in [-0.4, -0.2) is 14.8 Å². The SMILES string of the molecule is Fc1ccc(-c2nncn2-c2ccccc2)cc1F. The van der Waals surface area contributed by atoms with Crippen LogP contribution in [0.1, 0.15) is 0 Å². The molecule has 0 aliphatic heterocycles. The Balaban J connectivity index is 2.12. The summed E-state index contributed by atoms with van der Waals surface area (Å²) in [5.74, 6) is -1.32. The summed E-state index contributed by atoms with van der Waals surface area (Å²) in [6, 6.07) is 13.1. The third-order valence-electron chi connectivity index (χ3n) is 2.76. The summed E-state index contributed by atoms with van der Waals surface area (Å²) in [6.45, 7) is 0. The van der Waals surface area contributed by atoms with Gasteiger partial charge in [-0.05, 0) is 30.3 Å². The molecule has 0 aliphatic carbocycles. The van der Waals surface area contributed by atoms with E-state index in [0.29, 0.717) is 11.4 Å². The van der Waals surface area contributed by atoms with Crippen molar-refractivity contribution in [1.82, 2.24) is 14.8 Å². The minimum atomic E-state index is -0.903. The quantitative estimate of drug-likeness (QED) is 0.705. The van der Waals surface area contributed by atoms with Crippen LogP contribution in [0.25, 0.3) is 17.1 Å². The van der Waals surface area contributed by atoms with Crippen LogP contribution in [0.4, 0.5) is 8.78 Å². The van der Waals surface area contributed by atoms with Gasteiger partial charge in [0, 0.05) is 11.3 Å². The highest BCUT2D eigenvalue weighted by atomic mass is 19.2. The van der Waals surface area contributed by atoms with E-state index in [9.17, 15) is 8.78 Å². The maximum absolute atomic E-state index is 13.3.